The number of carbonyl (C=O) groups excluding carboxylic acids is 1. The van der Waals surface area contributed by atoms with Gasteiger partial charge in [0.25, 0.3) is 0 Å². The number of nitrogens with zero attached hydrogens (tertiary/aromatic N) is 3. The van der Waals surface area contributed by atoms with Gasteiger partial charge in [0.05, 0.1) is 10.2 Å². The van der Waals surface area contributed by atoms with E-state index >= 15 is 0 Å². The molecule has 1 aromatic heterocycles. The molecule has 1 aromatic carbocycles. The average Bonchev–Trinajstić information content (AvgIpc) is 2.91. The number of rotatable bonds is 2. The summed E-state index contributed by atoms with van der Waals surface area (Å²) in [4.78, 5) is 15.5. The number of benzene rings is 1. The molecule has 0 atom stereocenters. The number of cyclic esters (lactones) is 1. The third-order valence-electron chi connectivity index (χ3n) is 2.57. The van der Waals surface area contributed by atoms with E-state index in [1.807, 2.05) is 25.1 Å². The molecule has 0 amide bonds. The van der Waals surface area contributed by atoms with Crippen LogP contribution in [-0.4, -0.2) is 22.7 Å². The van der Waals surface area contributed by atoms with Gasteiger partial charge in [-0.15, -0.1) is 10.2 Å². The average molecular weight is 275 g/mol. The molecule has 0 saturated carbocycles. The molecular formula is C12H9N3O3S. The van der Waals surface area contributed by atoms with E-state index in [9.17, 15) is 9.90 Å². The lowest BCUT2D eigenvalue weighted by Crippen LogP contribution is -1.96. The van der Waals surface area contributed by atoms with Crippen molar-refractivity contribution >= 4 is 32.7 Å². The van der Waals surface area contributed by atoms with Crippen molar-refractivity contribution in [2.45, 2.75) is 6.92 Å². The fraction of sp³-hybridized carbons (Fsp3) is 0.167. The molecule has 2 heterocycles. The van der Waals surface area contributed by atoms with Gasteiger partial charge in [-0.05, 0) is 24.6 Å². The predicted molar refractivity (Wildman–Crippen MR) is 69.5 cm³/mol. The lowest BCUT2D eigenvalue weighted by atomic mass is 10.2. The minimum Gasteiger partial charge on any atom is -0.506 e. The molecule has 0 aliphatic carbocycles. The maximum Gasteiger partial charge on any atom is 0.362 e. The van der Waals surface area contributed by atoms with E-state index in [-0.39, 0.29) is 18.1 Å². The number of aliphatic hydroxyl groups is 1. The molecule has 7 heteroatoms. The lowest BCUT2D eigenvalue weighted by Gasteiger charge is -1.88. The van der Waals surface area contributed by atoms with Crippen LogP contribution in [0.15, 0.2) is 39.9 Å². The van der Waals surface area contributed by atoms with Crippen molar-refractivity contribution in [3.8, 4) is 0 Å². The summed E-state index contributed by atoms with van der Waals surface area (Å²) in [6.07, 6.45) is 0. The first-order valence-corrected chi connectivity index (χ1v) is 6.33. The SMILES string of the molecule is Cc1ccc2nc(N=NC3=C(O)COC3=O)sc2c1. The first kappa shape index (κ1) is 11.8. The number of fused-ring (bicyclic) bond motifs is 1. The van der Waals surface area contributed by atoms with Crippen LogP contribution in [0.2, 0.25) is 0 Å². The minimum atomic E-state index is -0.668. The van der Waals surface area contributed by atoms with E-state index in [4.69, 9.17) is 0 Å². The largest absolute Gasteiger partial charge is 0.506 e. The molecule has 1 aliphatic rings. The van der Waals surface area contributed by atoms with Crippen LogP contribution in [-0.2, 0) is 9.53 Å². The van der Waals surface area contributed by atoms with E-state index in [0.29, 0.717) is 5.13 Å². The van der Waals surface area contributed by atoms with Crippen LogP contribution < -0.4 is 0 Å². The van der Waals surface area contributed by atoms with Gasteiger partial charge in [-0.3, -0.25) is 0 Å². The van der Waals surface area contributed by atoms with Crippen LogP contribution in [0.3, 0.4) is 0 Å². The number of hydrogen-bond donors (Lipinski definition) is 1. The summed E-state index contributed by atoms with van der Waals surface area (Å²) in [7, 11) is 0. The van der Waals surface area contributed by atoms with Crippen molar-refractivity contribution in [1.82, 2.24) is 4.98 Å². The van der Waals surface area contributed by atoms with Gasteiger partial charge < -0.3 is 9.84 Å². The van der Waals surface area contributed by atoms with Gasteiger partial charge in [0, 0.05) is 0 Å². The Hall–Kier alpha value is -2.28. The molecule has 0 spiro atoms. The van der Waals surface area contributed by atoms with Crippen LogP contribution >= 0.6 is 11.3 Å². The highest BCUT2D eigenvalue weighted by Crippen LogP contribution is 2.29. The Bertz CT molecular complexity index is 733. The van der Waals surface area contributed by atoms with Crippen molar-refractivity contribution in [2.75, 3.05) is 6.61 Å². The second-order valence-electron chi connectivity index (χ2n) is 4.04. The Morgan fingerprint density at radius 2 is 2.26 bits per heavy atom. The van der Waals surface area contributed by atoms with Crippen molar-refractivity contribution in [2.24, 2.45) is 10.2 Å². The van der Waals surface area contributed by atoms with Gasteiger partial charge in [0.15, 0.2) is 12.4 Å². The highest BCUT2D eigenvalue weighted by Gasteiger charge is 2.24. The fourth-order valence-corrected chi connectivity index (χ4v) is 2.53. The highest BCUT2D eigenvalue weighted by molar-refractivity contribution is 7.21. The molecule has 0 radical (unpaired) electrons. The molecule has 2 aromatic rings. The number of aromatic nitrogens is 1. The van der Waals surface area contributed by atoms with E-state index in [0.717, 1.165) is 15.8 Å². The Kier molecular flexibility index (Phi) is 2.75. The Labute approximate surface area is 112 Å². The standard InChI is InChI=1S/C12H9N3O3S/c1-6-2-3-7-9(4-6)19-12(13-7)15-14-10-8(16)5-18-11(10)17/h2-4,16H,5H2,1H3. The van der Waals surface area contributed by atoms with Crippen molar-refractivity contribution < 1.29 is 14.6 Å². The zero-order valence-electron chi connectivity index (χ0n) is 9.95. The van der Waals surface area contributed by atoms with Gasteiger partial charge in [0.2, 0.25) is 10.8 Å². The summed E-state index contributed by atoms with van der Waals surface area (Å²) in [5.74, 6) is -0.871. The van der Waals surface area contributed by atoms with Gasteiger partial charge in [0.1, 0.15) is 0 Å². The molecule has 19 heavy (non-hydrogen) atoms. The molecule has 0 fully saturated rings. The smallest absolute Gasteiger partial charge is 0.362 e. The number of thiazole rings is 1. The number of azo groups is 1. The third kappa shape index (κ3) is 2.19. The van der Waals surface area contributed by atoms with Crippen LogP contribution in [0.4, 0.5) is 5.13 Å². The monoisotopic (exact) mass is 275 g/mol. The van der Waals surface area contributed by atoms with Crippen molar-refractivity contribution in [1.29, 1.82) is 0 Å². The van der Waals surface area contributed by atoms with E-state index < -0.39 is 5.97 Å². The summed E-state index contributed by atoms with van der Waals surface area (Å²) in [6.45, 7) is 1.85. The highest BCUT2D eigenvalue weighted by atomic mass is 32.1. The maximum atomic E-state index is 11.2. The molecule has 0 saturated heterocycles. The fourth-order valence-electron chi connectivity index (χ4n) is 1.64. The van der Waals surface area contributed by atoms with Crippen LogP contribution in [0.1, 0.15) is 5.56 Å². The maximum absolute atomic E-state index is 11.2. The first-order chi connectivity index (χ1) is 9.13. The number of ether oxygens (including phenoxy) is 1. The van der Waals surface area contributed by atoms with Gasteiger partial charge in [-0.25, -0.2) is 9.78 Å². The quantitative estimate of drug-likeness (QED) is 0.674. The normalized spacial score (nSPS) is 15.7. The van der Waals surface area contributed by atoms with Crippen LogP contribution in [0, 0.1) is 6.92 Å². The van der Waals surface area contributed by atoms with Gasteiger partial charge in [-0.1, -0.05) is 17.4 Å². The number of aliphatic hydroxyl groups excluding tert-OH is 1. The lowest BCUT2D eigenvalue weighted by molar-refractivity contribution is -0.136. The first-order valence-electron chi connectivity index (χ1n) is 5.51. The van der Waals surface area contributed by atoms with E-state index in [2.05, 4.69) is 19.9 Å². The minimum absolute atomic E-state index is 0.147. The molecule has 6 nitrogen and oxygen atoms in total. The number of carbonyl (C=O) groups is 1. The Morgan fingerprint density at radius 3 is 3.00 bits per heavy atom. The van der Waals surface area contributed by atoms with Crippen LogP contribution in [0.5, 0.6) is 0 Å². The molecule has 3 rings (SSSR count). The van der Waals surface area contributed by atoms with Crippen molar-refractivity contribution in [3.63, 3.8) is 0 Å². The molecular weight excluding hydrogens is 266 g/mol. The topological polar surface area (TPSA) is 84.1 Å². The Balaban J connectivity index is 1.93. The second-order valence-corrected chi connectivity index (χ2v) is 5.05. The van der Waals surface area contributed by atoms with Crippen LogP contribution in [0.25, 0.3) is 10.2 Å². The zero-order chi connectivity index (χ0) is 13.4. The summed E-state index contributed by atoms with van der Waals surface area (Å²) < 4.78 is 5.61. The van der Waals surface area contributed by atoms with Gasteiger partial charge >= 0.3 is 5.97 Å². The third-order valence-corrected chi connectivity index (χ3v) is 3.48. The molecule has 1 N–H and O–H groups in total. The summed E-state index contributed by atoms with van der Waals surface area (Å²) in [5, 5.41) is 17.4. The van der Waals surface area contributed by atoms with Crippen molar-refractivity contribution in [3.05, 3.63) is 35.2 Å². The predicted octanol–water partition coefficient (Wildman–Crippen LogP) is 3.01. The van der Waals surface area contributed by atoms with E-state index in [1.165, 1.54) is 11.3 Å². The molecule has 0 bridgehead atoms. The van der Waals surface area contributed by atoms with Gasteiger partial charge in [-0.2, -0.15) is 0 Å². The molecule has 0 unspecified atom stereocenters. The zero-order valence-corrected chi connectivity index (χ0v) is 10.8. The van der Waals surface area contributed by atoms with E-state index in [1.54, 1.807) is 0 Å². The summed E-state index contributed by atoms with van der Waals surface area (Å²) in [6, 6.07) is 5.87. The number of hydrogen-bond acceptors (Lipinski definition) is 7. The molecule has 1 aliphatic heterocycles. The number of aryl methyl sites for hydroxylation is 1. The summed E-state index contributed by atoms with van der Waals surface area (Å²) in [5.41, 5.74) is 1.81. The number of esters is 1. The molecule has 96 valence electrons. The Morgan fingerprint density at radius 1 is 1.42 bits per heavy atom. The second kappa shape index (κ2) is 4.43. The summed E-state index contributed by atoms with van der Waals surface area (Å²) >= 11 is 1.37.